The lowest BCUT2D eigenvalue weighted by Gasteiger charge is -2.03. The molecule has 0 bridgehead atoms. The van der Waals surface area contributed by atoms with Gasteiger partial charge in [0.1, 0.15) is 0 Å². The summed E-state index contributed by atoms with van der Waals surface area (Å²) >= 11 is 0. The standard InChI is InChI=1S/C13H22O2/c1-5-11(3)7-8-12(4)9-10-15-13(14)6-2/h8-11H,5-7H2,1-4H3/b10-9+,12-8+. The number of hydrogen-bond acceptors (Lipinski definition) is 2. The van der Waals surface area contributed by atoms with Crippen molar-refractivity contribution in [3.05, 3.63) is 24.0 Å². The largest absolute Gasteiger partial charge is 0.434 e. The molecule has 0 aromatic rings. The number of ether oxygens (including phenoxy) is 1. The van der Waals surface area contributed by atoms with E-state index in [9.17, 15) is 4.79 Å². The van der Waals surface area contributed by atoms with Crippen molar-refractivity contribution in [1.29, 1.82) is 0 Å². The normalized spacial score (nSPS) is 14.3. The summed E-state index contributed by atoms with van der Waals surface area (Å²) in [7, 11) is 0. The third kappa shape index (κ3) is 7.98. The molecule has 0 aliphatic heterocycles. The average molecular weight is 210 g/mol. The van der Waals surface area contributed by atoms with E-state index in [4.69, 9.17) is 4.74 Å². The van der Waals surface area contributed by atoms with E-state index in [1.54, 1.807) is 6.92 Å². The third-order valence-electron chi connectivity index (χ3n) is 2.36. The predicted octanol–water partition coefficient (Wildman–Crippen LogP) is 3.84. The molecule has 0 aromatic carbocycles. The van der Waals surface area contributed by atoms with Crippen molar-refractivity contribution in [2.75, 3.05) is 0 Å². The second-order valence-corrected chi connectivity index (χ2v) is 3.84. The van der Waals surface area contributed by atoms with Crippen LogP contribution in [0.25, 0.3) is 0 Å². The SMILES string of the molecule is CCC(=O)O/C=C/C(C)=C/CC(C)CC. The van der Waals surface area contributed by atoms with Gasteiger partial charge in [-0.15, -0.1) is 0 Å². The Hall–Kier alpha value is -1.05. The summed E-state index contributed by atoms with van der Waals surface area (Å²) in [5, 5.41) is 0. The van der Waals surface area contributed by atoms with Crippen LogP contribution in [0.1, 0.15) is 47.0 Å². The molecule has 15 heavy (non-hydrogen) atoms. The number of esters is 1. The van der Waals surface area contributed by atoms with Gasteiger partial charge in [-0.1, -0.05) is 38.8 Å². The van der Waals surface area contributed by atoms with Gasteiger partial charge in [0.2, 0.25) is 0 Å². The maximum absolute atomic E-state index is 10.8. The molecule has 0 saturated carbocycles. The lowest BCUT2D eigenvalue weighted by Crippen LogP contribution is -1.95. The summed E-state index contributed by atoms with van der Waals surface area (Å²) in [6.45, 7) is 8.21. The number of rotatable bonds is 6. The topological polar surface area (TPSA) is 26.3 Å². The van der Waals surface area contributed by atoms with E-state index in [0.717, 1.165) is 12.0 Å². The van der Waals surface area contributed by atoms with E-state index in [-0.39, 0.29) is 5.97 Å². The van der Waals surface area contributed by atoms with Crippen LogP contribution < -0.4 is 0 Å². The van der Waals surface area contributed by atoms with Crippen molar-refractivity contribution in [2.45, 2.75) is 47.0 Å². The van der Waals surface area contributed by atoms with Gasteiger partial charge < -0.3 is 4.74 Å². The van der Waals surface area contributed by atoms with Crippen molar-refractivity contribution in [1.82, 2.24) is 0 Å². The molecule has 0 spiro atoms. The Morgan fingerprint density at radius 2 is 2.07 bits per heavy atom. The van der Waals surface area contributed by atoms with Gasteiger partial charge in [-0.2, -0.15) is 0 Å². The van der Waals surface area contributed by atoms with Crippen LogP contribution in [0.4, 0.5) is 0 Å². The molecule has 0 radical (unpaired) electrons. The second-order valence-electron chi connectivity index (χ2n) is 3.84. The fourth-order valence-electron chi connectivity index (χ4n) is 0.922. The molecule has 0 aliphatic rings. The van der Waals surface area contributed by atoms with Gasteiger partial charge in [0.15, 0.2) is 0 Å². The molecule has 0 aliphatic carbocycles. The summed E-state index contributed by atoms with van der Waals surface area (Å²) in [4.78, 5) is 10.8. The Labute approximate surface area is 93.0 Å². The van der Waals surface area contributed by atoms with Crippen molar-refractivity contribution in [3.8, 4) is 0 Å². The van der Waals surface area contributed by atoms with E-state index >= 15 is 0 Å². The summed E-state index contributed by atoms with van der Waals surface area (Å²) in [5.74, 6) is 0.521. The van der Waals surface area contributed by atoms with Gasteiger partial charge in [-0.3, -0.25) is 4.79 Å². The molecule has 0 amide bonds. The van der Waals surface area contributed by atoms with Crippen LogP contribution in [-0.4, -0.2) is 5.97 Å². The Morgan fingerprint density at radius 3 is 2.60 bits per heavy atom. The number of allylic oxidation sites excluding steroid dienone is 3. The zero-order valence-electron chi connectivity index (χ0n) is 10.2. The second kappa shape index (κ2) is 8.27. The molecule has 0 saturated heterocycles. The summed E-state index contributed by atoms with van der Waals surface area (Å²) < 4.78 is 4.83. The van der Waals surface area contributed by atoms with E-state index in [2.05, 4.69) is 19.9 Å². The quantitative estimate of drug-likeness (QED) is 0.378. The van der Waals surface area contributed by atoms with Crippen LogP contribution >= 0.6 is 0 Å². The van der Waals surface area contributed by atoms with Gasteiger partial charge in [0.05, 0.1) is 6.26 Å². The maximum atomic E-state index is 10.8. The average Bonchev–Trinajstić information content (AvgIpc) is 2.25. The highest BCUT2D eigenvalue weighted by Crippen LogP contribution is 2.09. The molecular weight excluding hydrogens is 188 g/mol. The molecule has 1 atom stereocenters. The molecule has 2 nitrogen and oxygen atoms in total. The Kier molecular flexibility index (Phi) is 7.69. The highest BCUT2D eigenvalue weighted by atomic mass is 16.5. The minimum Gasteiger partial charge on any atom is -0.434 e. The molecule has 2 heteroatoms. The minimum absolute atomic E-state index is 0.194. The lowest BCUT2D eigenvalue weighted by atomic mass is 10.0. The van der Waals surface area contributed by atoms with Crippen molar-refractivity contribution in [2.24, 2.45) is 5.92 Å². The van der Waals surface area contributed by atoms with Gasteiger partial charge in [-0.25, -0.2) is 0 Å². The highest BCUT2D eigenvalue weighted by molar-refractivity contribution is 5.69. The first-order valence-electron chi connectivity index (χ1n) is 5.62. The van der Waals surface area contributed by atoms with Crippen LogP contribution in [0.5, 0.6) is 0 Å². The number of hydrogen-bond donors (Lipinski definition) is 0. The van der Waals surface area contributed by atoms with Crippen molar-refractivity contribution < 1.29 is 9.53 Å². The lowest BCUT2D eigenvalue weighted by molar-refractivity contribution is -0.137. The summed E-state index contributed by atoms with van der Waals surface area (Å²) in [6.07, 6.45) is 8.15. The highest BCUT2D eigenvalue weighted by Gasteiger charge is 1.95. The fraction of sp³-hybridized carbons (Fsp3) is 0.615. The third-order valence-corrected chi connectivity index (χ3v) is 2.36. The summed E-state index contributed by atoms with van der Waals surface area (Å²) in [5.41, 5.74) is 1.14. The van der Waals surface area contributed by atoms with Crippen molar-refractivity contribution >= 4 is 5.97 Å². The van der Waals surface area contributed by atoms with E-state index in [0.29, 0.717) is 12.3 Å². The van der Waals surface area contributed by atoms with Crippen molar-refractivity contribution in [3.63, 3.8) is 0 Å². The molecular formula is C13H22O2. The van der Waals surface area contributed by atoms with Crippen LogP contribution in [0.2, 0.25) is 0 Å². The number of carbonyl (C=O) groups excluding carboxylic acids is 1. The van der Waals surface area contributed by atoms with Gasteiger partial charge in [-0.05, 0) is 25.3 Å². The first kappa shape index (κ1) is 13.9. The molecule has 0 heterocycles. The Balaban J connectivity index is 3.90. The first-order valence-corrected chi connectivity index (χ1v) is 5.62. The molecule has 86 valence electrons. The number of carbonyl (C=O) groups is 1. The molecule has 1 unspecified atom stereocenters. The van der Waals surface area contributed by atoms with Crippen LogP contribution in [0, 0.1) is 5.92 Å². The van der Waals surface area contributed by atoms with Crippen LogP contribution in [0.3, 0.4) is 0 Å². The maximum Gasteiger partial charge on any atom is 0.310 e. The van der Waals surface area contributed by atoms with Gasteiger partial charge in [0.25, 0.3) is 0 Å². The van der Waals surface area contributed by atoms with E-state index < -0.39 is 0 Å². The zero-order chi connectivity index (χ0) is 11.7. The van der Waals surface area contributed by atoms with E-state index in [1.165, 1.54) is 12.7 Å². The Morgan fingerprint density at radius 1 is 1.40 bits per heavy atom. The van der Waals surface area contributed by atoms with E-state index in [1.807, 2.05) is 13.0 Å². The fourth-order valence-corrected chi connectivity index (χ4v) is 0.922. The Bertz CT molecular complexity index is 239. The van der Waals surface area contributed by atoms with Gasteiger partial charge in [0, 0.05) is 6.42 Å². The first-order chi connectivity index (χ1) is 7.10. The monoisotopic (exact) mass is 210 g/mol. The van der Waals surface area contributed by atoms with Crippen LogP contribution in [0.15, 0.2) is 24.0 Å². The minimum atomic E-state index is -0.194. The van der Waals surface area contributed by atoms with Gasteiger partial charge >= 0.3 is 5.97 Å². The molecule has 0 aromatic heterocycles. The molecule has 0 fully saturated rings. The summed E-state index contributed by atoms with van der Waals surface area (Å²) in [6, 6.07) is 0. The molecule has 0 rings (SSSR count). The van der Waals surface area contributed by atoms with Crippen LogP contribution in [-0.2, 0) is 9.53 Å². The molecule has 0 N–H and O–H groups in total. The predicted molar refractivity (Wildman–Crippen MR) is 63.4 cm³/mol. The smallest absolute Gasteiger partial charge is 0.310 e. The zero-order valence-corrected chi connectivity index (χ0v) is 10.2.